The van der Waals surface area contributed by atoms with Gasteiger partial charge in [0.25, 0.3) is 0 Å². The van der Waals surface area contributed by atoms with Crippen LogP contribution < -0.4 is 16.8 Å². The molecule has 1 aliphatic rings. The average molecular weight is 417 g/mol. The van der Waals surface area contributed by atoms with Gasteiger partial charge in [-0.2, -0.15) is 0 Å². The first-order valence-corrected chi connectivity index (χ1v) is 10.2. The van der Waals surface area contributed by atoms with Crippen LogP contribution in [-0.2, 0) is 9.59 Å². The fourth-order valence-corrected chi connectivity index (χ4v) is 4.16. The van der Waals surface area contributed by atoms with E-state index in [2.05, 4.69) is 15.3 Å². The summed E-state index contributed by atoms with van der Waals surface area (Å²) in [5, 5.41) is 3.15. The van der Waals surface area contributed by atoms with E-state index >= 15 is 0 Å². The summed E-state index contributed by atoms with van der Waals surface area (Å²) >= 11 is 1.29. The molecule has 0 bridgehead atoms. The highest BCUT2D eigenvalue weighted by atomic mass is 32.1. The van der Waals surface area contributed by atoms with E-state index in [0.717, 1.165) is 10.2 Å². The fraction of sp³-hybridized carbons (Fsp3) is 0.421. The Hall–Kier alpha value is -3.01. The lowest BCUT2D eigenvalue weighted by Gasteiger charge is -2.39. The Morgan fingerprint density at radius 1 is 1.34 bits per heavy atom. The number of para-hydroxylation sites is 1. The fourth-order valence-electron chi connectivity index (χ4n) is 3.20. The quantitative estimate of drug-likeness (QED) is 0.249. The molecule has 2 heterocycles. The zero-order chi connectivity index (χ0) is 21.0. The second-order valence-electron chi connectivity index (χ2n) is 6.88. The van der Waals surface area contributed by atoms with Crippen molar-refractivity contribution in [1.82, 2.24) is 15.2 Å². The summed E-state index contributed by atoms with van der Waals surface area (Å²) < 4.78 is 0.906. The Labute approximate surface area is 172 Å². The van der Waals surface area contributed by atoms with Gasteiger partial charge in [-0.05, 0) is 31.4 Å². The molecule has 1 aliphatic heterocycles. The molecule has 1 saturated heterocycles. The number of likely N-dealkylation sites (tertiary alicyclic amines) is 1. The molecule has 0 saturated carbocycles. The molecule has 29 heavy (non-hydrogen) atoms. The minimum absolute atomic E-state index is 0.0188. The Balaban J connectivity index is 1.74. The number of Topliss-reactive ketones (excluding diaryl/α,β-unsaturated/α-hetero) is 1. The monoisotopic (exact) mass is 416 g/mol. The second kappa shape index (κ2) is 8.99. The van der Waals surface area contributed by atoms with Crippen molar-refractivity contribution in [2.75, 3.05) is 13.1 Å². The predicted molar refractivity (Wildman–Crippen MR) is 112 cm³/mol. The number of ketones is 1. The molecule has 1 aromatic heterocycles. The largest absolute Gasteiger partial charge is 0.370 e. The van der Waals surface area contributed by atoms with Crippen molar-refractivity contribution in [2.45, 2.75) is 38.3 Å². The van der Waals surface area contributed by atoms with Crippen molar-refractivity contribution in [3.8, 4) is 0 Å². The van der Waals surface area contributed by atoms with Gasteiger partial charge in [0, 0.05) is 20.0 Å². The first-order valence-electron chi connectivity index (χ1n) is 9.39. The van der Waals surface area contributed by atoms with Crippen LogP contribution >= 0.6 is 11.3 Å². The van der Waals surface area contributed by atoms with Crippen molar-refractivity contribution < 1.29 is 14.4 Å². The predicted octanol–water partition coefficient (Wildman–Crippen LogP) is 0.638. The molecule has 0 radical (unpaired) electrons. The SMILES string of the molecule is CC(=O)N1CCC1C(=O)NC(CCCN=C(N)N)C(=O)c1nc2ccccc2s1. The number of carbonyl (C=O) groups excluding carboxylic acids is 3. The van der Waals surface area contributed by atoms with Crippen LogP contribution in [0.3, 0.4) is 0 Å². The van der Waals surface area contributed by atoms with Crippen LogP contribution in [0, 0.1) is 0 Å². The van der Waals surface area contributed by atoms with Crippen LogP contribution in [-0.4, -0.2) is 58.6 Å². The highest BCUT2D eigenvalue weighted by Gasteiger charge is 2.37. The summed E-state index contributed by atoms with van der Waals surface area (Å²) in [4.78, 5) is 47.2. The van der Waals surface area contributed by atoms with Gasteiger partial charge in [0.05, 0.1) is 16.3 Å². The van der Waals surface area contributed by atoms with Crippen molar-refractivity contribution in [3.05, 3.63) is 29.3 Å². The van der Waals surface area contributed by atoms with Gasteiger partial charge in [-0.15, -0.1) is 11.3 Å². The van der Waals surface area contributed by atoms with E-state index in [-0.39, 0.29) is 23.6 Å². The number of nitrogens with zero attached hydrogens (tertiary/aromatic N) is 3. The summed E-state index contributed by atoms with van der Waals surface area (Å²) in [5.41, 5.74) is 11.4. The van der Waals surface area contributed by atoms with Gasteiger partial charge in [-0.1, -0.05) is 12.1 Å². The first-order chi connectivity index (χ1) is 13.9. The third kappa shape index (κ3) is 4.89. The van der Waals surface area contributed by atoms with Gasteiger partial charge in [0.1, 0.15) is 6.04 Å². The number of rotatable bonds is 8. The van der Waals surface area contributed by atoms with Crippen LogP contribution in [0.2, 0.25) is 0 Å². The third-order valence-corrected chi connectivity index (χ3v) is 5.86. The van der Waals surface area contributed by atoms with Gasteiger partial charge in [-0.25, -0.2) is 4.98 Å². The van der Waals surface area contributed by atoms with Crippen LogP contribution in [0.1, 0.15) is 36.0 Å². The van der Waals surface area contributed by atoms with E-state index in [1.165, 1.54) is 23.2 Å². The molecule has 5 N–H and O–H groups in total. The molecule has 2 atom stereocenters. The molecular formula is C19H24N6O3S. The summed E-state index contributed by atoms with van der Waals surface area (Å²) in [7, 11) is 0. The normalized spacial score (nSPS) is 16.7. The molecule has 1 aromatic carbocycles. The number of carbonyl (C=O) groups is 3. The molecule has 0 aliphatic carbocycles. The van der Waals surface area contributed by atoms with Crippen LogP contribution in [0.5, 0.6) is 0 Å². The highest BCUT2D eigenvalue weighted by Crippen LogP contribution is 2.24. The van der Waals surface area contributed by atoms with E-state index in [4.69, 9.17) is 11.5 Å². The molecule has 0 spiro atoms. The number of fused-ring (bicyclic) bond motifs is 1. The molecule has 2 amide bonds. The number of benzene rings is 1. The molecular weight excluding hydrogens is 392 g/mol. The second-order valence-corrected chi connectivity index (χ2v) is 7.91. The number of nitrogens with two attached hydrogens (primary N) is 2. The lowest BCUT2D eigenvalue weighted by molar-refractivity contribution is -0.145. The standard InChI is InChI=1S/C19H24N6O3S/c1-11(26)25-10-8-14(25)17(28)23-13(6-4-9-22-19(20)21)16(27)18-24-12-5-2-3-7-15(12)29-18/h2-3,5,7,13-14H,4,6,8-10H2,1H3,(H,23,28)(H4,20,21,22). The molecule has 9 nitrogen and oxygen atoms in total. The molecule has 10 heteroatoms. The molecule has 2 unspecified atom stereocenters. The lowest BCUT2D eigenvalue weighted by atomic mass is 10.00. The number of hydrogen-bond donors (Lipinski definition) is 3. The first kappa shape index (κ1) is 20.7. The molecule has 154 valence electrons. The smallest absolute Gasteiger partial charge is 0.243 e. The van der Waals surface area contributed by atoms with Crippen LogP contribution in [0.15, 0.2) is 29.3 Å². The van der Waals surface area contributed by atoms with Gasteiger partial charge in [0.2, 0.25) is 17.6 Å². The number of aliphatic imine (C=N–C) groups is 1. The third-order valence-electron chi connectivity index (χ3n) is 4.81. The van der Waals surface area contributed by atoms with E-state index in [1.54, 1.807) is 0 Å². The van der Waals surface area contributed by atoms with Gasteiger partial charge in [0.15, 0.2) is 11.0 Å². The Morgan fingerprint density at radius 2 is 2.10 bits per heavy atom. The van der Waals surface area contributed by atoms with E-state index < -0.39 is 12.1 Å². The van der Waals surface area contributed by atoms with Gasteiger partial charge < -0.3 is 21.7 Å². The average Bonchev–Trinajstić information content (AvgIpc) is 3.06. The number of hydrogen-bond acceptors (Lipinski definition) is 6. The van der Waals surface area contributed by atoms with E-state index in [0.29, 0.717) is 37.4 Å². The number of nitrogens with one attached hydrogen (secondary N) is 1. The number of thiazole rings is 1. The zero-order valence-electron chi connectivity index (χ0n) is 16.1. The summed E-state index contributed by atoms with van der Waals surface area (Å²) in [6, 6.07) is 6.19. The van der Waals surface area contributed by atoms with Crippen molar-refractivity contribution in [2.24, 2.45) is 16.5 Å². The van der Waals surface area contributed by atoms with Gasteiger partial charge >= 0.3 is 0 Å². The maximum Gasteiger partial charge on any atom is 0.243 e. The molecule has 3 rings (SSSR count). The van der Waals surface area contributed by atoms with Crippen molar-refractivity contribution in [1.29, 1.82) is 0 Å². The maximum absolute atomic E-state index is 13.1. The Morgan fingerprint density at radius 3 is 2.72 bits per heavy atom. The minimum atomic E-state index is -0.758. The lowest BCUT2D eigenvalue weighted by Crippen LogP contribution is -2.59. The Bertz CT molecular complexity index is 919. The van der Waals surface area contributed by atoms with E-state index in [1.807, 2.05) is 24.3 Å². The topological polar surface area (TPSA) is 144 Å². The number of aromatic nitrogens is 1. The Kier molecular flexibility index (Phi) is 6.42. The number of guanidine groups is 1. The number of amides is 2. The summed E-state index contributed by atoms with van der Waals surface area (Å²) in [5.74, 6) is -0.751. The highest BCUT2D eigenvalue weighted by molar-refractivity contribution is 7.20. The molecule has 2 aromatic rings. The van der Waals surface area contributed by atoms with E-state index in [9.17, 15) is 14.4 Å². The summed E-state index contributed by atoms with van der Waals surface area (Å²) in [6.07, 6.45) is 1.46. The minimum Gasteiger partial charge on any atom is -0.370 e. The zero-order valence-corrected chi connectivity index (χ0v) is 16.9. The van der Waals surface area contributed by atoms with Crippen molar-refractivity contribution in [3.63, 3.8) is 0 Å². The molecule has 1 fully saturated rings. The summed E-state index contributed by atoms with van der Waals surface area (Å²) in [6.45, 7) is 2.33. The van der Waals surface area contributed by atoms with Crippen molar-refractivity contribution >= 4 is 45.1 Å². The van der Waals surface area contributed by atoms with Gasteiger partial charge in [-0.3, -0.25) is 19.4 Å². The maximum atomic E-state index is 13.1. The van der Waals surface area contributed by atoms with Crippen LogP contribution in [0.25, 0.3) is 10.2 Å². The van der Waals surface area contributed by atoms with Crippen LogP contribution in [0.4, 0.5) is 0 Å².